The lowest BCUT2D eigenvalue weighted by molar-refractivity contribution is 0.222. The first-order valence-corrected chi connectivity index (χ1v) is 8.38. The van der Waals surface area contributed by atoms with Crippen molar-refractivity contribution in [2.45, 2.75) is 20.0 Å². The van der Waals surface area contributed by atoms with Crippen molar-refractivity contribution in [3.8, 4) is 11.5 Å². The molecule has 0 aliphatic heterocycles. The number of hydrogen-bond acceptors (Lipinski definition) is 4. The molecule has 1 aromatic carbocycles. The normalized spacial score (nSPS) is 12.4. The summed E-state index contributed by atoms with van der Waals surface area (Å²) in [5.41, 5.74) is 1.13. The van der Waals surface area contributed by atoms with E-state index in [0.29, 0.717) is 19.7 Å². The van der Waals surface area contributed by atoms with Gasteiger partial charge in [-0.25, -0.2) is 0 Å². The Labute approximate surface area is 149 Å². The highest BCUT2D eigenvalue weighted by molar-refractivity contribution is 5.79. The van der Waals surface area contributed by atoms with Crippen LogP contribution < -0.4 is 20.1 Å². The van der Waals surface area contributed by atoms with Gasteiger partial charge in [-0.3, -0.25) is 9.98 Å². The molecular formula is C19H26N4O2. The highest BCUT2D eigenvalue weighted by Gasteiger charge is 2.07. The molecule has 0 fully saturated rings. The Morgan fingerprint density at radius 3 is 2.76 bits per heavy atom. The van der Waals surface area contributed by atoms with E-state index in [2.05, 4.69) is 20.6 Å². The summed E-state index contributed by atoms with van der Waals surface area (Å²) in [5.74, 6) is 2.38. The molecule has 0 aliphatic carbocycles. The summed E-state index contributed by atoms with van der Waals surface area (Å²) in [4.78, 5) is 8.21. The number of benzene rings is 1. The second kappa shape index (κ2) is 10.2. The van der Waals surface area contributed by atoms with E-state index in [4.69, 9.17) is 9.47 Å². The molecule has 0 aliphatic rings. The van der Waals surface area contributed by atoms with Crippen LogP contribution in [0.4, 0.5) is 0 Å². The largest absolute Gasteiger partial charge is 0.490 e. The van der Waals surface area contributed by atoms with E-state index >= 15 is 0 Å². The maximum Gasteiger partial charge on any atom is 0.191 e. The number of pyridine rings is 1. The van der Waals surface area contributed by atoms with Gasteiger partial charge in [0.05, 0.1) is 19.3 Å². The monoisotopic (exact) mass is 342 g/mol. The molecule has 1 aromatic heterocycles. The summed E-state index contributed by atoms with van der Waals surface area (Å²) in [6.07, 6.45) is 3.43. The van der Waals surface area contributed by atoms with Crippen molar-refractivity contribution >= 4 is 5.96 Å². The zero-order valence-corrected chi connectivity index (χ0v) is 15.0. The van der Waals surface area contributed by atoms with Crippen LogP contribution >= 0.6 is 0 Å². The molecule has 0 bridgehead atoms. The van der Waals surface area contributed by atoms with Crippen LogP contribution in [0, 0.1) is 6.92 Å². The molecule has 0 amide bonds. The Morgan fingerprint density at radius 2 is 2.04 bits per heavy atom. The number of nitrogens with one attached hydrogen (secondary N) is 2. The van der Waals surface area contributed by atoms with Gasteiger partial charge in [0, 0.05) is 13.2 Å². The van der Waals surface area contributed by atoms with Gasteiger partial charge in [0.2, 0.25) is 0 Å². The highest BCUT2D eigenvalue weighted by Crippen LogP contribution is 2.17. The molecule has 0 spiro atoms. The summed E-state index contributed by atoms with van der Waals surface area (Å²) >= 11 is 0. The third-order valence-corrected chi connectivity index (χ3v) is 3.50. The van der Waals surface area contributed by atoms with Crippen molar-refractivity contribution in [2.24, 2.45) is 4.99 Å². The molecule has 25 heavy (non-hydrogen) atoms. The molecule has 2 aromatic rings. The Balaban J connectivity index is 1.66. The summed E-state index contributed by atoms with van der Waals surface area (Å²) < 4.78 is 11.5. The van der Waals surface area contributed by atoms with Crippen LogP contribution in [0.3, 0.4) is 0 Å². The lowest BCUT2D eigenvalue weighted by Crippen LogP contribution is -2.43. The number of nitrogens with zero attached hydrogens (tertiary/aromatic N) is 2. The van der Waals surface area contributed by atoms with Crippen LogP contribution in [0.5, 0.6) is 11.5 Å². The number of guanidine groups is 1. The first-order valence-electron chi connectivity index (χ1n) is 8.38. The predicted molar refractivity (Wildman–Crippen MR) is 100 cm³/mol. The molecule has 0 radical (unpaired) electrons. The molecule has 2 rings (SSSR count). The number of rotatable bonds is 8. The fourth-order valence-corrected chi connectivity index (χ4v) is 2.18. The third kappa shape index (κ3) is 6.71. The van der Waals surface area contributed by atoms with Crippen LogP contribution in [0.2, 0.25) is 0 Å². The quantitative estimate of drug-likeness (QED) is 0.438. The lowest BCUT2D eigenvalue weighted by Gasteiger charge is -2.18. The molecule has 0 saturated heterocycles. The van der Waals surface area contributed by atoms with Gasteiger partial charge in [-0.15, -0.1) is 0 Å². The van der Waals surface area contributed by atoms with Crippen molar-refractivity contribution in [3.05, 3.63) is 54.4 Å². The van der Waals surface area contributed by atoms with Crippen molar-refractivity contribution < 1.29 is 9.47 Å². The maximum absolute atomic E-state index is 5.95. The minimum Gasteiger partial charge on any atom is -0.490 e. The second-order valence-corrected chi connectivity index (χ2v) is 5.61. The zero-order valence-electron chi connectivity index (χ0n) is 15.0. The van der Waals surface area contributed by atoms with Gasteiger partial charge in [0.15, 0.2) is 5.96 Å². The molecule has 1 atom stereocenters. The molecule has 6 nitrogen and oxygen atoms in total. The van der Waals surface area contributed by atoms with E-state index in [1.54, 1.807) is 19.4 Å². The van der Waals surface area contributed by atoms with E-state index in [1.165, 1.54) is 0 Å². The third-order valence-electron chi connectivity index (χ3n) is 3.50. The Kier molecular flexibility index (Phi) is 7.56. The first-order chi connectivity index (χ1) is 12.2. The summed E-state index contributed by atoms with van der Waals surface area (Å²) in [7, 11) is 1.74. The average molecular weight is 342 g/mol. The SMILES string of the molecule is CN=C(NCCOc1cccnc1)NCC(C)Oc1ccccc1C. The van der Waals surface area contributed by atoms with Crippen LogP contribution in [0.15, 0.2) is 53.8 Å². The summed E-state index contributed by atoms with van der Waals surface area (Å²) in [6, 6.07) is 11.7. The standard InChI is InChI=1S/C19H26N4O2/c1-15-7-4-5-9-18(15)25-16(2)13-23-19(20-3)22-11-12-24-17-8-6-10-21-14-17/h4-10,14,16H,11-13H2,1-3H3,(H2,20,22,23). The Morgan fingerprint density at radius 1 is 1.20 bits per heavy atom. The van der Waals surface area contributed by atoms with Gasteiger partial charge in [-0.05, 0) is 37.6 Å². The van der Waals surface area contributed by atoms with Crippen molar-refractivity contribution in [2.75, 3.05) is 26.7 Å². The molecule has 134 valence electrons. The van der Waals surface area contributed by atoms with Crippen molar-refractivity contribution in [1.29, 1.82) is 0 Å². The van der Waals surface area contributed by atoms with Gasteiger partial charge < -0.3 is 20.1 Å². The maximum atomic E-state index is 5.95. The Hall–Kier alpha value is -2.76. The minimum absolute atomic E-state index is 0.0197. The van der Waals surface area contributed by atoms with E-state index < -0.39 is 0 Å². The fourth-order valence-electron chi connectivity index (χ4n) is 2.18. The van der Waals surface area contributed by atoms with Gasteiger partial charge >= 0.3 is 0 Å². The topological polar surface area (TPSA) is 67.8 Å². The van der Waals surface area contributed by atoms with Crippen LogP contribution in [0.25, 0.3) is 0 Å². The number of hydrogen-bond donors (Lipinski definition) is 2. The van der Waals surface area contributed by atoms with Gasteiger partial charge in [-0.1, -0.05) is 18.2 Å². The average Bonchev–Trinajstić information content (AvgIpc) is 2.64. The van der Waals surface area contributed by atoms with E-state index in [1.807, 2.05) is 50.2 Å². The number of aliphatic imine (C=N–C) groups is 1. The summed E-state index contributed by atoms with van der Waals surface area (Å²) in [6.45, 7) is 5.89. The molecule has 0 saturated carbocycles. The predicted octanol–water partition coefficient (Wildman–Crippen LogP) is 2.40. The number of aryl methyl sites for hydroxylation is 1. The molecular weight excluding hydrogens is 316 g/mol. The van der Waals surface area contributed by atoms with E-state index in [-0.39, 0.29) is 6.10 Å². The molecule has 6 heteroatoms. The van der Waals surface area contributed by atoms with Crippen molar-refractivity contribution in [1.82, 2.24) is 15.6 Å². The second-order valence-electron chi connectivity index (χ2n) is 5.61. The summed E-state index contributed by atoms with van der Waals surface area (Å²) in [5, 5.41) is 6.46. The molecule has 2 N–H and O–H groups in total. The first kappa shape index (κ1) is 18.6. The fraction of sp³-hybridized carbons (Fsp3) is 0.368. The van der Waals surface area contributed by atoms with Crippen LogP contribution in [0.1, 0.15) is 12.5 Å². The molecule has 1 unspecified atom stereocenters. The van der Waals surface area contributed by atoms with Crippen LogP contribution in [-0.4, -0.2) is 43.8 Å². The van der Waals surface area contributed by atoms with Gasteiger partial charge in [0.1, 0.15) is 24.2 Å². The minimum atomic E-state index is 0.0197. The van der Waals surface area contributed by atoms with Crippen molar-refractivity contribution in [3.63, 3.8) is 0 Å². The van der Waals surface area contributed by atoms with E-state index in [0.717, 1.165) is 23.0 Å². The van der Waals surface area contributed by atoms with Gasteiger partial charge in [0.25, 0.3) is 0 Å². The number of aromatic nitrogens is 1. The smallest absolute Gasteiger partial charge is 0.191 e. The lowest BCUT2D eigenvalue weighted by atomic mass is 10.2. The zero-order chi connectivity index (χ0) is 17.9. The Bertz CT molecular complexity index is 661. The molecule has 1 heterocycles. The number of ether oxygens (including phenoxy) is 2. The van der Waals surface area contributed by atoms with Crippen LogP contribution in [-0.2, 0) is 0 Å². The van der Waals surface area contributed by atoms with E-state index in [9.17, 15) is 0 Å². The van der Waals surface area contributed by atoms with Gasteiger partial charge in [-0.2, -0.15) is 0 Å². The number of para-hydroxylation sites is 1. The highest BCUT2D eigenvalue weighted by atomic mass is 16.5.